The molecule has 0 atom stereocenters. The molecule has 1 aliphatic heterocycles. The molecule has 3 amide bonds. The van der Waals surface area contributed by atoms with E-state index in [2.05, 4.69) is 5.32 Å². The van der Waals surface area contributed by atoms with Crippen molar-refractivity contribution in [2.24, 2.45) is 0 Å². The molecule has 1 fully saturated rings. The second kappa shape index (κ2) is 11.1. The first-order valence-corrected chi connectivity index (χ1v) is 11.0. The molecule has 0 aliphatic carbocycles. The van der Waals surface area contributed by atoms with Gasteiger partial charge in [0.25, 0.3) is 0 Å². The number of rotatable bonds is 7. The van der Waals surface area contributed by atoms with Crippen LogP contribution in [0.4, 0.5) is 5.69 Å². The molecule has 0 saturated carbocycles. The lowest BCUT2D eigenvalue weighted by Crippen LogP contribution is -2.52. The predicted molar refractivity (Wildman–Crippen MR) is 126 cm³/mol. The zero-order valence-electron chi connectivity index (χ0n) is 18.5. The number of piperazine rings is 1. The summed E-state index contributed by atoms with van der Waals surface area (Å²) >= 11 is 6.05. The van der Waals surface area contributed by atoms with Crippen LogP contribution in [-0.2, 0) is 20.8 Å². The fourth-order valence-corrected chi connectivity index (χ4v) is 3.70. The lowest BCUT2D eigenvalue weighted by molar-refractivity contribution is -0.136. The van der Waals surface area contributed by atoms with Crippen molar-refractivity contribution in [2.75, 3.05) is 51.6 Å². The third-order valence-electron chi connectivity index (χ3n) is 5.51. The van der Waals surface area contributed by atoms with Gasteiger partial charge in [-0.2, -0.15) is 0 Å². The molecule has 32 heavy (non-hydrogen) atoms. The van der Waals surface area contributed by atoms with Crippen molar-refractivity contribution in [2.45, 2.75) is 13.3 Å². The molecular weight excluding hydrogens is 428 g/mol. The minimum absolute atomic E-state index is 0.0565. The zero-order valence-corrected chi connectivity index (χ0v) is 19.3. The van der Waals surface area contributed by atoms with Gasteiger partial charge in [0.2, 0.25) is 17.7 Å². The number of hydrogen-bond donors (Lipinski definition) is 1. The summed E-state index contributed by atoms with van der Waals surface area (Å²) < 4.78 is 0. The van der Waals surface area contributed by atoms with Crippen molar-refractivity contribution in [3.05, 3.63) is 64.7 Å². The van der Waals surface area contributed by atoms with Crippen LogP contribution in [0.1, 0.15) is 11.1 Å². The van der Waals surface area contributed by atoms with E-state index in [4.69, 9.17) is 11.6 Å². The standard InChI is InChI=1S/C24H29ClN4O3/c1-18-7-9-19(10-8-18)15-23(31)29-13-11-28(12-14-29)17-24(32)27(2)16-22(30)26-21-6-4-3-5-20(21)25/h3-10H,11-17H2,1-2H3,(H,26,30). The van der Waals surface area contributed by atoms with Gasteiger partial charge in [-0.15, -0.1) is 0 Å². The number of hydrogen-bond acceptors (Lipinski definition) is 4. The summed E-state index contributed by atoms with van der Waals surface area (Å²) in [6.07, 6.45) is 0.391. The largest absolute Gasteiger partial charge is 0.340 e. The molecule has 1 heterocycles. The van der Waals surface area contributed by atoms with E-state index in [9.17, 15) is 14.4 Å². The van der Waals surface area contributed by atoms with E-state index in [0.29, 0.717) is 43.3 Å². The van der Waals surface area contributed by atoms with Crippen LogP contribution in [0.25, 0.3) is 0 Å². The Bertz CT molecular complexity index is 956. The van der Waals surface area contributed by atoms with Gasteiger partial charge in [-0.05, 0) is 24.6 Å². The maximum atomic E-state index is 12.6. The van der Waals surface area contributed by atoms with Gasteiger partial charge in [0.05, 0.1) is 30.2 Å². The van der Waals surface area contributed by atoms with Crippen LogP contribution in [0, 0.1) is 6.92 Å². The van der Waals surface area contributed by atoms with E-state index >= 15 is 0 Å². The van der Waals surface area contributed by atoms with Gasteiger partial charge < -0.3 is 15.1 Å². The van der Waals surface area contributed by atoms with Crippen LogP contribution in [-0.4, -0.2) is 78.7 Å². The third kappa shape index (κ3) is 6.80. The number of carbonyl (C=O) groups excluding carboxylic acids is 3. The monoisotopic (exact) mass is 456 g/mol. The molecule has 7 nitrogen and oxygen atoms in total. The number of benzene rings is 2. The van der Waals surface area contributed by atoms with Crippen LogP contribution in [0.5, 0.6) is 0 Å². The number of carbonyl (C=O) groups is 3. The van der Waals surface area contributed by atoms with Crippen molar-refractivity contribution in [3.8, 4) is 0 Å². The maximum absolute atomic E-state index is 12.6. The molecule has 0 aromatic heterocycles. The van der Waals surface area contributed by atoms with Crippen molar-refractivity contribution in [1.82, 2.24) is 14.7 Å². The Hall–Kier alpha value is -2.90. The Balaban J connectivity index is 1.40. The number of para-hydroxylation sites is 1. The molecule has 1 saturated heterocycles. The first-order valence-electron chi connectivity index (χ1n) is 10.7. The molecule has 170 valence electrons. The number of amides is 3. The lowest BCUT2D eigenvalue weighted by Gasteiger charge is -2.35. The summed E-state index contributed by atoms with van der Waals surface area (Å²) in [6, 6.07) is 15.0. The average molecular weight is 457 g/mol. The van der Waals surface area contributed by atoms with Crippen molar-refractivity contribution < 1.29 is 14.4 Å². The Morgan fingerprint density at radius 3 is 2.31 bits per heavy atom. The Kier molecular flexibility index (Phi) is 8.25. The Morgan fingerprint density at radius 1 is 1.00 bits per heavy atom. The van der Waals surface area contributed by atoms with E-state index in [1.165, 1.54) is 10.5 Å². The summed E-state index contributed by atoms with van der Waals surface area (Å²) in [7, 11) is 1.61. The number of likely N-dealkylation sites (N-methyl/N-ethyl adjacent to an activating group) is 1. The predicted octanol–water partition coefficient (Wildman–Crippen LogP) is 2.43. The number of aryl methyl sites for hydroxylation is 1. The fourth-order valence-electron chi connectivity index (χ4n) is 3.52. The van der Waals surface area contributed by atoms with Crippen LogP contribution >= 0.6 is 11.6 Å². The highest BCUT2D eigenvalue weighted by Gasteiger charge is 2.24. The highest BCUT2D eigenvalue weighted by atomic mass is 35.5. The van der Waals surface area contributed by atoms with Crippen molar-refractivity contribution >= 4 is 35.0 Å². The summed E-state index contributed by atoms with van der Waals surface area (Å²) in [6.45, 7) is 4.63. The summed E-state index contributed by atoms with van der Waals surface area (Å²) in [5, 5.41) is 3.17. The van der Waals surface area contributed by atoms with Gasteiger partial charge in [-0.25, -0.2) is 0 Å². The molecule has 0 bridgehead atoms. The second-order valence-electron chi connectivity index (χ2n) is 8.10. The van der Waals surface area contributed by atoms with E-state index in [-0.39, 0.29) is 30.8 Å². The topological polar surface area (TPSA) is 73.0 Å². The van der Waals surface area contributed by atoms with Crippen LogP contribution in [0.15, 0.2) is 48.5 Å². The van der Waals surface area contributed by atoms with Crippen LogP contribution in [0.2, 0.25) is 5.02 Å². The molecule has 0 radical (unpaired) electrons. The minimum Gasteiger partial charge on any atom is -0.340 e. The summed E-state index contributed by atoms with van der Waals surface area (Å²) in [5.74, 6) is -0.340. The SMILES string of the molecule is Cc1ccc(CC(=O)N2CCN(CC(=O)N(C)CC(=O)Nc3ccccc3Cl)CC2)cc1. The average Bonchev–Trinajstić information content (AvgIpc) is 2.77. The molecule has 8 heteroatoms. The van der Waals surface area contributed by atoms with Crippen LogP contribution in [0.3, 0.4) is 0 Å². The maximum Gasteiger partial charge on any atom is 0.244 e. The minimum atomic E-state index is -0.305. The van der Waals surface area contributed by atoms with Gasteiger partial charge >= 0.3 is 0 Å². The van der Waals surface area contributed by atoms with Crippen molar-refractivity contribution in [3.63, 3.8) is 0 Å². The van der Waals surface area contributed by atoms with E-state index < -0.39 is 0 Å². The van der Waals surface area contributed by atoms with Gasteiger partial charge in [-0.1, -0.05) is 53.6 Å². The molecule has 2 aromatic carbocycles. The highest BCUT2D eigenvalue weighted by Crippen LogP contribution is 2.20. The van der Waals surface area contributed by atoms with E-state index in [0.717, 1.165) is 5.56 Å². The van der Waals surface area contributed by atoms with Gasteiger partial charge in [0.15, 0.2) is 0 Å². The van der Waals surface area contributed by atoms with E-state index in [1.54, 1.807) is 31.3 Å². The quantitative estimate of drug-likeness (QED) is 0.694. The summed E-state index contributed by atoms with van der Waals surface area (Å²) in [5.41, 5.74) is 2.70. The molecule has 0 spiro atoms. The molecule has 0 unspecified atom stereocenters. The first-order chi connectivity index (χ1) is 15.3. The number of halogens is 1. The van der Waals surface area contributed by atoms with Gasteiger partial charge in [-0.3, -0.25) is 19.3 Å². The molecule has 3 rings (SSSR count). The molecule has 1 N–H and O–H groups in total. The fraction of sp³-hybridized carbons (Fsp3) is 0.375. The smallest absolute Gasteiger partial charge is 0.244 e. The number of anilines is 1. The zero-order chi connectivity index (χ0) is 23.1. The van der Waals surface area contributed by atoms with Crippen molar-refractivity contribution in [1.29, 1.82) is 0 Å². The Morgan fingerprint density at radius 2 is 1.66 bits per heavy atom. The lowest BCUT2D eigenvalue weighted by atomic mass is 10.1. The first kappa shape index (κ1) is 23.8. The second-order valence-corrected chi connectivity index (χ2v) is 8.50. The summed E-state index contributed by atoms with van der Waals surface area (Å²) in [4.78, 5) is 42.6. The number of nitrogens with one attached hydrogen (secondary N) is 1. The Labute approximate surface area is 193 Å². The highest BCUT2D eigenvalue weighted by molar-refractivity contribution is 6.33. The van der Waals surface area contributed by atoms with E-state index in [1.807, 2.05) is 41.0 Å². The molecule has 2 aromatic rings. The van der Waals surface area contributed by atoms with Gasteiger partial charge in [0, 0.05) is 33.2 Å². The molecular formula is C24H29ClN4O3. The molecule has 1 aliphatic rings. The van der Waals surface area contributed by atoms with Crippen LogP contribution < -0.4 is 5.32 Å². The third-order valence-corrected chi connectivity index (χ3v) is 5.84. The normalized spacial score (nSPS) is 14.2. The number of nitrogens with zero attached hydrogens (tertiary/aromatic N) is 3. The van der Waals surface area contributed by atoms with Gasteiger partial charge in [0.1, 0.15) is 0 Å².